The molecule has 0 aromatic carbocycles. The Kier molecular flexibility index (Phi) is 3.82. The van der Waals surface area contributed by atoms with Gasteiger partial charge in [0.1, 0.15) is 6.10 Å². The molecule has 0 amide bonds. The van der Waals surface area contributed by atoms with Gasteiger partial charge in [0.2, 0.25) is 0 Å². The summed E-state index contributed by atoms with van der Waals surface area (Å²) in [4.78, 5) is 11.8. The van der Waals surface area contributed by atoms with Crippen LogP contribution >= 0.6 is 0 Å². The van der Waals surface area contributed by atoms with Gasteiger partial charge in [0.25, 0.3) is 0 Å². The van der Waals surface area contributed by atoms with Gasteiger partial charge in [-0.2, -0.15) is 0 Å². The van der Waals surface area contributed by atoms with Crippen LogP contribution in [0, 0.1) is 0 Å². The summed E-state index contributed by atoms with van der Waals surface area (Å²) >= 11 is 0. The molecule has 2 heteroatoms. The third-order valence-corrected chi connectivity index (χ3v) is 3.38. The first kappa shape index (κ1) is 12.2. The van der Waals surface area contributed by atoms with Crippen molar-refractivity contribution in [3.63, 3.8) is 0 Å². The predicted octanol–water partition coefficient (Wildman–Crippen LogP) is 3.69. The van der Waals surface area contributed by atoms with E-state index in [1.807, 2.05) is 0 Å². The Morgan fingerprint density at radius 1 is 1.41 bits per heavy atom. The van der Waals surface area contributed by atoms with E-state index in [0.717, 1.165) is 31.3 Å². The second-order valence-corrected chi connectivity index (χ2v) is 5.01. The van der Waals surface area contributed by atoms with Crippen LogP contribution in [0.1, 0.15) is 46.0 Å². The fourth-order valence-corrected chi connectivity index (χ4v) is 2.36. The second-order valence-electron chi connectivity index (χ2n) is 5.01. The van der Waals surface area contributed by atoms with Gasteiger partial charge in [-0.15, -0.1) is 0 Å². The van der Waals surface area contributed by atoms with Gasteiger partial charge in [-0.25, -0.2) is 0 Å². The van der Waals surface area contributed by atoms with Crippen LogP contribution in [0.5, 0.6) is 0 Å². The van der Waals surface area contributed by atoms with Gasteiger partial charge in [-0.05, 0) is 50.7 Å². The lowest BCUT2D eigenvalue weighted by Gasteiger charge is -2.22. The third-order valence-electron chi connectivity index (χ3n) is 3.38. The van der Waals surface area contributed by atoms with Crippen LogP contribution in [0.4, 0.5) is 0 Å². The number of carbonyl (C=O) groups is 1. The molecule has 0 aromatic heterocycles. The zero-order valence-corrected chi connectivity index (χ0v) is 10.7. The number of carbonyl (C=O) groups excluding carboxylic acids is 1. The van der Waals surface area contributed by atoms with Crippen molar-refractivity contribution in [3.05, 3.63) is 34.9 Å². The fourth-order valence-electron chi connectivity index (χ4n) is 2.36. The molecule has 1 unspecified atom stereocenters. The maximum atomic E-state index is 11.8. The van der Waals surface area contributed by atoms with Crippen LogP contribution in [0.25, 0.3) is 0 Å². The molecule has 0 N–H and O–H groups in total. The van der Waals surface area contributed by atoms with E-state index in [0.29, 0.717) is 6.42 Å². The Morgan fingerprint density at radius 3 is 2.88 bits per heavy atom. The number of allylic oxidation sites excluding steroid dienone is 4. The standard InChI is InChI=1S/C15H20O2/c1-11-7-8-13(9-11)10-15(16)17-14-6-4-3-5-12(14)2/h5,8-9,14H,3-4,6-7,10H2,1-2H3. The first-order valence-corrected chi connectivity index (χ1v) is 6.37. The molecule has 0 fully saturated rings. The molecule has 1 atom stereocenters. The van der Waals surface area contributed by atoms with Gasteiger partial charge in [0.15, 0.2) is 0 Å². The highest BCUT2D eigenvalue weighted by Gasteiger charge is 2.19. The van der Waals surface area contributed by atoms with Gasteiger partial charge in [0.05, 0.1) is 6.42 Å². The van der Waals surface area contributed by atoms with Gasteiger partial charge in [0, 0.05) is 0 Å². The van der Waals surface area contributed by atoms with Crippen LogP contribution in [0.15, 0.2) is 34.9 Å². The summed E-state index contributed by atoms with van der Waals surface area (Å²) < 4.78 is 5.52. The van der Waals surface area contributed by atoms with Crippen molar-refractivity contribution in [2.45, 2.75) is 52.1 Å². The summed E-state index contributed by atoms with van der Waals surface area (Å²) in [5.41, 5.74) is 3.63. The molecule has 0 aromatic rings. The minimum absolute atomic E-state index is 0.0170. The lowest BCUT2D eigenvalue weighted by atomic mass is 9.98. The summed E-state index contributed by atoms with van der Waals surface area (Å²) in [6.07, 6.45) is 11.0. The molecule has 2 aliphatic rings. The Balaban J connectivity index is 1.85. The molecule has 0 aliphatic heterocycles. The lowest BCUT2D eigenvalue weighted by molar-refractivity contribution is -0.146. The van der Waals surface area contributed by atoms with E-state index in [1.165, 1.54) is 11.1 Å². The van der Waals surface area contributed by atoms with E-state index in [-0.39, 0.29) is 12.1 Å². The summed E-state index contributed by atoms with van der Waals surface area (Å²) in [6, 6.07) is 0. The van der Waals surface area contributed by atoms with Gasteiger partial charge in [-0.3, -0.25) is 4.79 Å². The summed E-state index contributed by atoms with van der Waals surface area (Å²) in [7, 11) is 0. The van der Waals surface area contributed by atoms with Crippen LogP contribution in [0.2, 0.25) is 0 Å². The molecular weight excluding hydrogens is 212 g/mol. The van der Waals surface area contributed by atoms with Gasteiger partial charge < -0.3 is 4.74 Å². The zero-order valence-electron chi connectivity index (χ0n) is 10.7. The van der Waals surface area contributed by atoms with Crippen LogP contribution < -0.4 is 0 Å². The zero-order chi connectivity index (χ0) is 12.3. The molecule has 0 bridgehead atoms. The summed E-state index contributed by atoms with van der Waals surface area (Å²) in [5, 5.41) is 0. The SMILES string of the molecule is CC1=CC(CC(=O)OC2CCCC=C2C)=CC1. The van der Waals surface area contributed by atoms with Crippen LogP contribution in [-0.4, -0.2) is 12.1 Å². The maximum Gasteiger partial charge on any atom is 0.310 e. The Bertz CT molecular complexity index is 399. The van der Waals surface area contributed by atoms with Crippen LogP contribution in [-0.2, 0) is 9.53 Å². The molecule has 0 saturated heterocycles. The number of hydrogen-bond acceptors (Lipinski definition) is 2. The van der Waals surface area contributed by atoms with Crippen molar-refractivity contribution >= 4 is 5.97 Å². The molecule has 2 rings (SSSR count). The Morgan fingerprint density at radius 2 is 2.24 bits per heavy atom. The molecule has 17 heavy (non-hydrogen) atoms. The first-order valence-electron chi connectivity index (χ1n) is 6.37. The summed E-state index contributed by atoms with van der Waals surface area (Å²) in [5.74, 6) is -0.0955. The van der Waals surface area contributed by atoms with Crippen molar-refractivity contribution in [2.24, 2.45) is 0 Å². The average Bonchev–Trinajstić information content (AvgIpc) is 2.67. The van der Waals surface area contributed by atoms with E-state index in [9.17, 15) is 4.79 Å². The molecule has 0 radical (unpaired) electrons. The lowest BCUT2D eigenvalue weighted by Crippen LogP contribution is -2.21. The van der Waals surface area contributed by atoms with Crippen molar-refractivity contribution in [3.8, 4) is 0 Å². The van der Waals surface area contributed by atoms with Crippen molar-refractivity contribution in [2.75, 3.05) is 0 Å². The Hall–Kier alpha value is -1.31. The molecule has 0 heterocycles. The minimum atomic E-state index is -0.0955. The van der Waals surface area contributed by atoms with Crippen molar-refractivity contribution in [1.82, 2.24) is 0 Å². The topological polar surface area (TPSA) is 26.3 Å². The molecule has 2 aliphatic carbocycles. The average molecular weight is 232 g/mol. The maximum absolute atomic E-state index is 11.8. The third kappa shape index (κ3) is 3.32. The van der Waals surface area contributed by atoms with Crippen molar-refractivity contribution < 1.29 is 9.53 Å². The molecule has 0 spiro atoms. The van der Waals surface area contributed by atoms with Crippen molar-refractivity contribution in [1.29, 1.82) is 0 Å². The first-order chi connectivity index (χ1) is 8.15. The molecule has 2 nitrogen and oxygen atoms in total. The van der Waals surface area contributed by atoms with Crippen LogP contribution in [0.3, 0.4) is 0 Å². The highest BCUT2D eigenvalue weighted by Crippen LogP contribution is 2.23. The van der Waals surface area contributed by atoms with E-state index in [4.69, 9.17) is 4.74 Å². The minimum Gasteiger partial charge on any atom is -0.458 e. The number of esters is 1. The van der Waals surface area contributed by atoms with Gasteiger partial charge >= 0.3 is 5.97 Å². The highest BCUT2D eigenvalue weighted by atomic mass is 16.5. The Labute approximate surface area is 103 Å². The molecule has 0 saturated carbocycles. The largest absolute Gasteiger partial charge is 0.458 e. The number of rotatable bonds is 3. The molecule has 92 valence electrons. The number of ether oxygens (including phenoxy) is 1. The van der Waals surface area contributed by atoms with E-state index < -0.39 is 0 Å². The number of hydrogen-bond donors (Lipinski definition) is 0. The van der Waals surface area contributed by atoms with E-state index >= 15 is 0 Å². The molecular formula is C15H20O2. The normalized spacial score (nSPS) is 23.9. The second kappa shape index (κ2) is 5.35. The van der Waals surface area contributed by atoms with Gasteiger partial charge in [-0.1, -0.05) is 23.8 Å². The fraction of sp³-hybridized carbons (Fsp3) is 0.533. The quantitative estimate of drug-likeness (QED) is 0.548. The van der Waals surface area contributed by atoms with E-state index in [1.54, 1.807) is 0 Å². The predicted molar refractivity (Wildman–Crippen MR) is 68.6 cm³/mol. The van der Waals surface area contributed by atoms with E-state index in [2.05, 4.69) is 32.1 Å². The highest BCUT2D eigenvalue weighted by molar-refractivity contribution is 5.74. The smallest absolute Gasteiger partial charge is 0.310 e. The monoisotopic (exact) mass is 232 g/mol. The summed E-state index contributed by atoms with van der Waals surface area (Å²) in [6.45, 7) is 4.14.